The van der Waals surface area contributed by atoms with E-state index < -0.39 is 0 Å². The standard InChI is InChI=1S/C12H13NOS/c1-8-3-2-4-9(5-8)13-7-10-6-11(15-10)12(13)14/h2-5,10-11H,6-7H2,1H3. The minimum atomic E-state index is 0.240. The highest BCUT2D eigenvalue weighted by Crippen LogP contribution is 2.43. The van der Waals surface area contributed by atoms with Gasteiger partial charge in [0.2, 0.25) is 5.91 Å². The molecular weight excluding hydrogens is 206 g/mol. The van der Waals surface area contributed by atoms with Crippen molar-refractivity contribution in [3.63, 3.8) is 0 Å². The molecule has 3 aliphatic rings. The molecule has 0 aliphatic carbocycles. The molecule has 2 nitrogen and oxygen atoms in total. The molecule has 1 aromatic carbocycles. The zero-order valence-electron chi connectivity index (χ0n) is 8.64. The minimum Gasteiger partial charge on any atom is -0.310 e. The van der Waals surface area contributed by atoms with E-state index in [1.165, 1.54) is 5.56 Å². The first kappa shape index (κ1) is 9.28. The van der Waals surface area contributed by atoms with Crippen molar-refractivity contribution >= 4 is 23.4 Å². The third-order valence-electron chi connectivity index (χ3n) is 3.07. The lowest BCUT2D eigenvalue weighted by molar-refractivity contribution is -0.119. The van der Waals surface area contributed by atoms with Crippen molar-refractivity contribution in [2.45, 2.75) is 23.8 Å². The molecular formula is C12H13NOS. The number of rotatable bonds is 1. The second-order valence-corrected chi connectivity index (χ2v) is 5.78. The van der Waals surface area contributed by atoms with Gasteiger partial charge < -0.3 is 4.90 Å². The van der Waals surface area contributed by atoms with Crippen LogP contribution in [0, 0.1) is 6.92 Å². The zero-order valence-corrected chi connectivity index (χ0v) is 9.46. The van der Waals surface area contributed by atoms with Crippen molar-refractivity contribution in [1.29, 1.82) is 0 Å². The maximum atomic E-state index is 12.0. The molecule has 2 atom stereocenters. The van der Waals surface area contributed by atoms with Crippen LogP contribution in [0.15, 0.2) is 24.3 Å². The predicted octanol–water partition coefficient (Wildman–Crippen LogP) is 2.22. The Labute approximate surface area is 93.7 Å². The van der Waals surface area contributed by atoms with Crippen molar-refractivity contribution in [1.82, 2.24) is 0 Å². The zero-order chi connectivity index (χ0) is 10.4. The topological polar surface area (TPSA) is 20.3 Å². The van der Waals surface area contributed by atoms with Gasteiger partial charge in [0.1, 0.15) is 0 Å². The molecule has 0 N–H and O–H groups in total. The van der Waals surface area contributed by atoms with Crippen molar-refractivity contribution in [3.05, 3.63) is 29.8 Å². The van der Waals surface area contributed by atoms with E-state index in [0.29, 0.717) is 11.2 Å². The molecule has 3 saturated heterocycles. The van der Waals surface area contributed by atoms with Crippen LogP contribution in [0.1, 0.15) is 12.0 Å². The maximum absolute atomic E-state index is 12.0. The van der Waals surface area contributed by atoms with Crippen LogP contribution in [0.2, 0.25) is 0 Å². The maximum Gasteiger partial charge on any atom is 0.240 e. The fraction of sp³-hybridized carbons (Fsp3) is 0.417. The quantitative estimate of drug-likeness (QED) is 0.722. The summed E-state index contributed by atoms with van der Waals surface area (Å²) in [6, 6.07) is 8.20. The number of hydrogen-bond acceptors (Lipinski definition) is 2. The summed E-state index contributed by atoms with van der Waals surface area (Å²) in [6.07, 6.45) is 1.09. The van der Waals surface area contributed by atoms with Crippen LogP contribution in [0.3, 0.4) is 0 Å². The fourth-order valence-corrected chi connectivity index (χ4v) is 3.46. The van der Waals surface area contributed by atoms with E-state index in [-0.39, 0.29) is 5.25 Å². The summed E-state index contributed by atoms with van der Waals surface area (Å²) in [4.78, 5) is 13.9. The lowest BCUT2D eigenvalue weighted by Gasteiger charge is -2.45. The molecule has 1 amide bonds. The van der Waals surface area contributed by atoms with E-state index in [1.54, 1.807) is 0 Å². The van der Waals surface area contributed by atoms with E-state index in [0.717, 1.165) is 18.7 Å². The number of fused-ring (bicyclic) bond motifs is 2. The normalized spacial score (nSPS) is 28.9. The second kappa shape index (κ2) is 3.27. The van der Waals surface area contributed by atoms with Crippen molar-refractivity contribution in [3.8, 4) is 0 Å². The Kier molecular flexibility index (Phi) is 2.02. The fourth-order valence-electron chi connectivity index (χ4n) is 2.23. The Balaban J connectivity index is 1.91. The Morgan fingerprint density at radius 3 is 2.93 bits per heavy atom. The van der Waals surface area contributed by atoms with Crippen LogP contribution < -0.4 is 4.90 Å². The summed E-state index contributed by atoms with van der Waals surface area (Å²) in [5.41, 5.74) is 2.28. The third-order valence-corrected chi connectivity index (χ3v) is 4.52. The summed E-state index contributed by atoms with van der Waals surface area (Å²) in [5.74, 6) is 0.299. The predicted molar refractivity (Wildman–Crippen MR) is 63.3 cm³/mol. The molecule has 2 unspecified atom stereocenters. The number of nitrogens with zero attached hydrogens (tertiary/aromatic N) is 1. The van der Waals surface area contributed by atoms with Gasteiger partial charge in [0, 0.05) is 17.5 Å². The second-order valence-electron chi connectivity index (χ2n) is 4.27. The first-order valence-electron chi connectivity index (χ1n) is 5.27. The van der Waals surface area contributed by atoms with Gasteiger partial charge in [-0.2, -0.15) is 0 Å². The summed E-state index contributed by atoms with van der Waals surface area (Å²) >= 11 is 1.83. The summed E-state index contributed by atoms with van der Waals surface area (Å²) < 4.78 is 0. The molecule has 0 saturated carbocycles. The van der Waals surface area contributed by atoms with Gasteiger partial charge in [0.25, 0.3) is 0 Å². The average Bonchev–Trinajstić information content (AvgIpc) is 2.16. The van der Waals surface area contributed by atoms with Gasteiger partial charge in [-0.25, -0.2) is 0 Å². The number of carbonyl (C=O) groups is 1. The van der Waals surface area contributed by atoms with Crippen LogP contribution in [-0.2, 0) is 4.79 Å². The van der Waals surface area contributed by atoms with Crippen LogP contribution >= 0.6 is 11.8 Å². The molecule has 3 heteroatoms. The van der Waals surface area contributed by atoms with Crippen molar-refractivity contribution in [2.75, 3.05) is 11.4 Å². The van der Waals surface area contributed by atoms with Gasteiger partial charge in [-0.1, -0.05) is 12.1 Å². The Hall–Kier alpha value is -0.960. The largest absolute Gasteiger partial charge is 0.310 e. The monoisotopic (exact) mass is 219 g/mol. The van der Waals surface area contributed by atoms with E-state index in [1.807, 2.05) is 28.8 Å². The highest BCUT2D eigenvalue weighted by molar-refractivity contribution is 8.02. The number of piperidine rings is 1. The lowest BCUT2D eigenvalue weighted by atomic mass is 10.1. The molecule has 15 heavy (non-hydrogen) atoms. The number of carbonyl (C=O) groups excluding carboxylic acids is 1. The number of aryl methyl sites for hydroxylation is 1. The van der Waals surface area contributed by atoms with Gasteiger partial charge >= 0.3 is 0 Å². The molecule has 1 aromatic rings. The number of benzene rings is 1. The summed E-state index contributed by atoms with van der Waals surface area (Å²) in [7, 11) is 0. The Morgan fingerprint density at radius 2 is 2.27 bits per heavy atom. The molecule has 3 fully saturated rings. The van der Waals surface area contributed by atoms with E-state index >= 15 is 0 Å². The molecule has 78 valence electrons. The van der Waals surface area contributed by atoms with Crippen LogP contribution in [0.25, 0.3) is 0 Å². The molecule has 2 bridgehead atoms. The van der Waals surface area contributed by atoms with Crippen LogP contribution in [-0.4, -0.2) is 23.0 Å². The first-order valence-corrected chi connectivity index (χ1v) is 6.22. The molecule has 0 spiro atoms. The average molecular weight is 219 g/mol. The van der Waals surface area contributed by atoms with Crippen molar-refractivity contribution < 1.29 is 4.79 Å². The number of thioether (sulfide) groups is 1. The third kappa shape index (κ3) is 1.46. The highest BCUT2D eigenvalue weighted by atomic mass is 32.2. The van der Waals surface area contributed by atoms with E-state index in [9.17, 15) is 4.79 Å². The Bertz CT molecular complexity index is 412. The van der Waals surface area contributed by atoms with Crippen molar-refractivity contribution in [2.24, 2.45) is 0 Å². The van der Waals surface area contributed by atoms with E-state index in [4.69, 9.17) is 0 Å². The van der Waals surface area contributed by atoms with Gasteiger partial charge in [0.05, 0.1) is 5.25 Å². The van der Waals surface area contributed by atoms with Gasteiger partial charge in [-0.3, -0.25) is 4.79 Å². The SMILES string of the molecule is Cc1cccc(N2CC3CC(S3)C2=O)c1. The van der Waals surface area contributed by atoms with Gasteiger partial charge in [-0.15, -0.1) is 11.8 Å². The van der Waals surface area contributed by atoms with Crippen LogP contribution in [0.5, 0.6) is 0 Å². The highest BCUT2D eigenvalue weighted by Gasteiger charge is 2.44. The molecule has 0 aromatic heterocycles. The molecule has 3 heterocycles. The summed E-state index contributed by atoms with van der Waals surface area (Å²) in [5, 5.41) is 0.914. The minimum absolute atomic E-state index is 0.240. The van der Waals surface area contributed by atoms with Gasteiger partial charge in [-0.05, 0) is 31.0 Å². The smallest absolute Gasteiger partial charge is 0.240 e. The van der Waals surface area contributed by atoms with Gasteiger partial charge in [0.15, 0.2) is 0 Å². The first-order chi connectivity index (χ1) is 7.24. The lowest BCUT2D eigenvalue weighted by Crippen LogP contribution is -2.55. The summed E-state index contributed by atoms with van der Waals surface area (Å²) in [6.45, 7) is 2.96. The van der Waals surface area contributed by atoms with Crippen LogP contribution in [0.4, 0.5) is 5.69 Å². The van der Waals surface area contributed by atoms with E-state index in [2.05, 4.69) is 19.1 Å². The molecule has 4 rings (SSSR count). The number of hydrogen-bond donors (Lipinski definition) is 0. The molecule has 3 aliphatic heterocycles. The number of anilines is 1. The molecule has 0 radical (unpaired) electrons. The number of amides is 1. The Morgan fingerprint density at radius 1 is 1.47 bits per heavy atom.